The van der Waals surface area contributed by atoms with Gasteiger partial charge in [-0.3, -0.25) is 24.0 Å². The van der Waals surface area contributed by atoms with E-state index in [1.54, 1.807) is 69.3 Å². The molecule has 0 radical (unpaired) electrons. The van der Waals surface area contributed by atoms with Gasteiger partial charge in [-0.05, 0) is 87.8 Å². The Morgan fingerprint density at radius 1 is 0.984 bits per heavy atom. The number of hydrogen-bond acceptors (Lipinski definition) is 13. The second kappa shape index (κ2) is 17.3. The molecule has 2 bridgehead atoms. The first-order chi connectivity index (χ1) is 29.9. The summed E-state index contributed by atoms with van der Waals surface area (Å²) >= 11 is 0. The third kappa shape index (κ3) is 9.65. The highest BCUT2D eigenvalue weighted by Gasteiger charge is 2.78. The third-order valence-electron chi connectivity index (χ3n) is 12.3. The highest BCUT2D eigenvalue weighted by molar-refractivity contribution is 5.95. The summed E-state index contributed by atoms with van der Waals surface area (Å²) in [5.41, 5.74) is -0.129. The second-order valence-corrected chi connectivity index (χ2v) is 18.3. The van der Waals surface area contributed by atoms with E-state index in [2.05, 4.69) is 15.4 Å². The van der Waals surface area contributed by atoms with Gasteiger partial charge in [0.15, 0.2) is 18.4 Å². The fraction of sp³-hybridized carbons (Fsp3) is 0.578. The van der Waals surface area contributed by atoms with Gasteiger partial charge in [0.05, 0.1) is 19.2 Å². The Balaban J connectivity index is 0.989. The summed E-state index contributed by atoms with van der Waals surface area (Å²) in [5, 5.41) is 17.2. The second-order valence-electron chi connectivity index (χ2n) is 18.3. The predicted molar refractivity (Wildman–Crippen MR) is 213 cm³/mol. The lowest BCUT2D eigenvalue weighted by atomic mass is 9.62. The number of aliphatic hydroxyl groups is 1. The molecule has 8 rings (SSSR count). The molecule has 3 heterocycles. The first-order valence-corrected chi connectivity index (χ1v) is 21.4. The van der Waals surface area contributed by atoms with Crippen molar-refractivity contribution in [1.29, 1.82) is 0 Å². The summed E-state index contributed by atoms with van der Waals surface area (Å²) in [6, 6.07) is 11.4. The summed E-state index contributed by atoms with van der Waals surface area (Å²) in [6.45, 7) is 3.19. The first-order valence-electron chi connectivity index (χ1n) is 21.4. The van der Waals surface area contributed by atoms with Gasteiger partial charge in [-0.1, -0.05) is 36.4 Å². The molecule has 63 heavy (non-hydrogen) atoms. The van der Waals surface area contributed by atoms with Crippen LogP contribution in [-0.4, -0.2) is 107 Å². The number of carbonyl (C=O) groups excluding carboxylic acids is 5. The monoisotopic (exact) mass is 883 g/mol. The number of nitrogens with one attached hydrogen (secondary N) is 2. The molecular weight excluding hydrogens is 831 g/mol. The number of rotatable bonds is 16. The van der Waals surface area contributed by atoms with E-state index in [9.17, 15) is 42.3 Å². The minimum absolute atomic E-state index is 0.00237. The SMILES string of the molecule is CC(C)(C)OC(=O)CC[C@@H](CO)NC(=O)c1cccc(CNC(=O)[C@@]23C[C@H]4OC(=O)[C@@H]2N(Cc2ccc(C=CC(=O)OCC(F)(F)F)cc2)O[C@@H]3[C@H]2OC(C3CC3)(C3CC3)O[C@H]24)c1. The van der Waals surface area contributed by atoms with Crippen molar-refractivity contribution in [3.8, 4) is 0 Å². The fourth-order valence-corrected chi connectivity index (χ4v) is 9.28. The number of hydroxylamine groups is 2. The molecule has 3 saturated heterocycles. The molecule has 3 aliphatic heterocycles. The number of esters is 3. The lowest BCUT2D eigenvalue weighted by molar-refractivity contribution is -0.235. The average Bonchev–Trinajstić information content (AvgIpc) is 4.18. The van der Waals surface area contributed by atoms with Gasteiger partial charge >= 0.3 is 24.1 Å². The van der Waals surface area contributed by atoms with Crippen molar-refractivity contribution in [3.63, 3.8) is 0 Å². The number of nitrogens with zero attached hydrogens (tertiary/aromatic N) is 1. The largest absolute Gasteiger partial charge is 0.460 e. The van der Waals surface area contributed by atoms with Crippen molar-refractivity contribution in [3.05, 3.63) is 76.9 Å². The molecule has 6 fully saturated rings. The lowest BCUT2D eigenvalue weighted by Gasteiger charge is -2.48. The topological polar surface area (TPSA) is 188 Å². The Labute approximate surface area is 361 Å². The van der Waals surface area contributed by atoms with Crippen LogP contribution < -0.4 is 10.6 Å². The molecule has 2 aromatic rings. The molecular formula is C45H52F3N3O12. The summed E-state index contributed by atoms with van der Waals surface area (Å²) in [7, 11) is 0. The molecule has 6 aliphatic rings. The zero-order chi connectivity index (χ0) is 44.9. The zero-order valence-electron chi connectivity index (χ0n) is 35.2. The van der Waals surface area contributed by atoms with Gasteiger partial charge in [-0.2, -0.15) is 18.2 Å². The number of aliphatic hydroxyl groups excluding tert-OH is 1. The van der Waals surface area contributed by atoms with E-state index in [0.717, 1.165) is 31.8 Å². The molecule has 0 aromatic heterocycles. The van der Waals surface area contributed by atoms with Crippen molar-refractivity contribution in [2.75, 3.05) is 13.2 Å². The van der Waals surface area contributed by atoms with E-state index in [4.69, 9.17) is 23.8 Å². The highest BCUT2D eigenvalue weighted by atomic mass is 19.4. The number of fused-ring (bicyclic) bond motifs is 4. The normalized spacial score (nSPS) is 27.9. The maximum Gasteiger partial charge on any atom is 0.422 e. The Morgan fingerprint density at radius 2 is 1.68 bits per heavy atom. The van der Waals surface area contributed by atoms with E-state index in [-0.39, 0.29) is 49.8 Å². The lowest BCUT2D eigenvalue weighted by Crippen LogP contribution is -2.69. The van der Waals surface area contributed by atoms with Crippen LogP contribution in [0.5, 0.6) is 0 Å². The summed E-state index contributed by atoms with van der Waals surface area (Å²) in [5.74, 6) is -3.67. The first kappa shape index (κ1) is 44.7. The van der Waals surface area contributed by atoms with Crippen molar-refractivity contribution in [1.82, 2.24) is 15.7 Å². The van der Waals surface area contributed by atoms with Gasteiger partial charge in [0.2, 0.25) is 5.91 Å². The minimum Gasteiger partial charge on any atom is -0.460 e. The molecule has 15 nitrogen and oxygen atoms in total. The fourth-order valence-electron chi connectivity index (χ4n) is 9.28. The number of alkyl halides is 3. The van der Waals surface area contributed by atoms with Crippen LogP contribution in [0.25, 0.3) is 6.08 Å². The number of benzene rings is 2. The van der Waals surface area contributed by atoms with E-state index >= 15 is 0 Å². The van der Waals surface area contributed by atoms with Crippen LogP contribution in [0.4, 0.5) is 13.2 Å². The van der Waals surface area contributed by atoms with Crippen molar-refractivity contribution < 1.29 is 70.8 Å². The standard InChI is InChI=1S/C45H52F3N3O12/c1-42(2,3)60-34(54)18-16-31(23-52)50-39(55)28-6-4-5-27(19-28)21-49-41(57)43-20-32-35-36(62-45(61-35,29-12-13-29)30-14-15-30)38(43)63-51(37(43)40(56)59-32)22-26-9-7-25(8-10-26)11-17-33(53)58-24-44(46,47)48/h4-11,17,19,29-32,35-38,52H,12-16,18,20-24H2,1-3H3,(H,49,57)(H,50,55)/t31-,32+,35-,36-,37-,38+,43-/m0/s1. The number of amides is 2. The molecule has 18 heteroatoms. The van der Waals surface area contributed by atoms with E-state index in [1.807, 2.05) is 0 Å². The van der Waals surface area contributed by atoms with Crippen LogP contribution >= 0.6 is 0 Å². The Bertz CT molecular complexity index is 2110. The van der Waals surface area contributed by atoms with Gasteiger partial charge < -0.3 is 39.4 Å². The number of carbonyl (C=O) groups is 5. The number of halogens is 3. The maximum atomic E-state index is 14.9. The molecule has 3 saturated carbocycles. The minimum atomic E-state index is -4.65. The Hall–Kier alpha value is -4.88. The third-order valence-corrected chi connectivity index (χ3v) is 12.3. The summed E-state index contributed by atoms with van der Waals surface area (Å²) < 4.78 is 66.7. The smallest absolute Gasteiger partial charge is 0.422 e. The van der Waals surface area contributed by atoms with E-state index < -0.39 is 102 Å². The van der Waals surface area contributed by atoms with Gasteiger partial charge in [0, 0.05) is 42.9 Å². The van der Waals surface area contributed by atoms with Gasteiger partial charge in [-0.15, -0.1) is 0 Å². The average molecular weight is 884 g/mol. The Morgan fingerprint density at radius 3 is 2.33 bits per heavy atom. The molecule has 3 N–H and O–H groups in total. The van der Waals surface area contributed by atoms with Crippen LogP contribution in [-0.2, 0) is 60.8 Å². The molecule has 0 unspecified atom stereocenters. The highest BCUT2D eigenvalue weighted by Crippen LogP contribution is 2.63. The number of hydrogen-bond donors (Lipinski definition) is 3. The van der Waals surface area contributed by atoms with E-state index in [1.165, 1.54) is 11.1 Å². The van der Waals surface area contributed by atoms with Crippen LogP contribution in [0, 0.1) is 17.3 Å². The quantitative estimate of drug-likeness (QED) is 0.122. The van der Waals surface area contributed by atoms with Crippen molar-refractivity contribution >= 4 is 35.8 Å². The summed E-state index contributed by atoms with van der Waals surface area (Å²) in [6.07, 6.45) is -1.51. The molecule has 2 aromatic carbocycles. The van der Waals surface area contributed by atoms with Gasteiger partial charge in [0.25, 0.3) is 5.91 Å². The van der Waals surface area contributed by atoms with Crippen LogP contribution in [0.3, 0.4) is 0 Å². The van der Waals surface area contributed by atoms with Crippen molar-refractivity contribution in [2.24, 2.45) is 17.3 Å². The van der Waals surface area contributed by atoms with Crippen LogP contribution in [0.1, 0.15) is 92.8 Å². The predicted octanol–water partition coefficient (Wildman–Crippen LogP) is 4.43. The number of ether oxygens (including phenoxy) is 5. The molecule has 0 spiro atoms. The van der Waals surface area contributed by atoms with Gasteiger partial charge in [-0.25, -0.2) is 4.79 Å². The zero-order valence-corrected chi connectivity index (χ0v) is 35.2. The van der Waals surface area contributed by atoms with Crippen LogP contribution in [0.15, 0.2) is 54.6 Å². The van der Waals surface area contributed by atoms with Gasteiger partial charge in [0.1, 0.15) is 35.4 Å². The van der Waals surface area contributed by atoms with Crippen LogP contribution in [0.2, 0.25) is 0 Å². The van der Waals surface area contributed by atoms with E-state index in [0.29, 0.717) is 16.7 Å². The Kier molecular flexibility index (Phi) is 12.2. The molecule has 340 valence electrons. The molecule has 7 atom stereocenters. The molecule has 3 aliphatic carbocycles. The summed E-state index contributed by atoms with van der Waals surface area (Å²) in [4.78, 5) is 73.0. The van der Waals surface area contributed by atoms with Crippen molar-refractivity contribution in [2.45, 2.75) is 133 Å². The molecule has 2 amide bonds. The maximum absolute atomic E-state index is 14.9.